The van der Waals surface area contributed by atoms with Crippen molar-refractivity contribution in [3.05, 3.63) is 18.2 Å². The lowest BCUT2D eigenvalue weighted by Crippen LogP contribution is -3.00. The summed E-state index contributed by atoms with van der Waals surface area (Å²) in [5.74, 6) is 0.314. The highest BCUT2D eigenvalue weighted by atomic mass is 35.5. The first-order chi connectivity index (χ1) is 8.10. The van der Waals surface area contributed by atoms with Crippen molar-refractivity contribution in [2.45, 2.75) is 27.0 Å². The lowest BCUT2D eigenvalue weighted by atomic mass is 10.1. The van der Waals surface area contributed by atoms with E-state index in [2.05, 4.69) is 5.16 Å². The van der Waals surface area contributed by atoms with Crippen molar-refractivity contribution in [1.82, 2.24) is 4.57 Å². The van der Waals surface area contributed by atoms with Crippen molar-refractivity contribution in [3.8, 4) is 0 Å². The van der Waals surface area contributed by atoms with Gasteiger partial charge in [0, 0.05) is 0 Å². The number of halogens is 1. The number of rotatable bonds is 5. The molecule has 0 aromatic carbocycles. The smallest absolute Gasteiger partial charge is 0.311 e. The minimum absolute atomic E-state index is 0. The summed E-state index contributed by atoms with van der Waals surface area (Å²) in [4.78, 5) is 11.5. The van der Waals surface area contributed by atoms with Crippen LogP contribution < -0.4 is 17.0 Å². The molecule has 6 nitrogen and oxygen atoms in total. The third kappa shape index (κ3) is 4.03. The molecule has 18 heavy (non-hydrogen) atoms. The second kappa shape index (κ2) is 7.71. The average Bonchev–Trinajstić information content (AvgIpc) is 2.67. The Kier molecular flexibility index (Phi) is 7.04. The summed E-state index contributed by atoms with van der Waals surface area (Å²) in [5.41, 5.74) is 0. The largest absolute Gasteiger partial charge is 1.00 e. The first kappa shape index (κ1) is 16.4. The van der Waals surface area contributed by atoms with Crippen molar-refractivity contribution in [3.63, 3.8) is 0 Å². The van der Waals surface area contributed by atoms with Gasteiger partial charge in [0.05, 0.1) is 13.0 Å². The molecule has 0 bridgehead atoms. The molecule has 0 saturated carbocycles. The third-order valence-electron chi connectivity index (χ3n) is 2.66. The Labute approximate surface area is 112 Å². The van der Waals surface area contributed by atoms with Crippen LogP contribution >= 0.6 is 0 Å². The van der Waals surface area contributed by atoms with Crippen LogP contribution in [0.2, 0.25) is 0 Å². The quantitative estimate of drug-likeness (QED) is 0.216. The second-order valence-corrected chi connectivity index (χ2v) is 3.88. The first-order valence-corrected chi connectivity index (χ1v) is 5.49. The summed E-state index contributed by atoms with van der Waals surface area (Å²) in [6.07, 6.45) is 5.58. The van der Waals surface area contributed by atoms with E-state index in [0.717, 1.165) is 6.42 Å². The van der Waals surface area contributed by atoms with Crippen LogP contribution in [0.15, 0.2) is 17.5 Å². The number of aromatic nitrogens is 2. The second-order valence-electron chi connectivity index (χ2n) is 3.88. The van der Waals surface area contributed by atoms with E-state index in [1.54, 1.807) is 21.5 Å². The number of carbonyl (C=O) groups excluding carboxylic acids is 1. The van der Waals surface area contributed by atoms with E-state index >= 15 is 0 Å². The zero-order chi connectivity index (χ0) is 12.8. The number of nitrogens with zero attached hydrogens (tertiary/aromatic N) is 3. The van der Waals surface area contributed by atoms with Gasteiger partial charge in [-0.1, -0.05) is 19.0 Å². The van der Waals surface area contributed by atoms with Gasteiger partial charge in [0.2, 0.25) is 6.73 Å². The predicted octanol–water partition coefficient (Wildman–Crippen LogP) is -2.33. The molecule has 0 aliphatic rings. The van der Waals surface area contributed by atoms with Crippen LogP contribution in [0, 0.1) is 5.92 Å². The Morgan fingerprint density at radius 1 is 1.72 bits per heavy atom. The number of hydrogen-bond donors (Lipinski definition) is 1. The van der Waals surface area contributed by atoms with Crippen LogP contribution in [0.1, 0.15) is 26.1 Å². The maximum Gasteiger partial charge on any atom is 0.311 e. The number of esters is 1. The molecule has 1 aromatic rings. The molecule has 0 aliphatic carbocycles. The zero-order valence-corrected chi connectivity index (χ0v) is 11.5. The van der Waals surface area contributed by atoms with Crippen LogP contribution in [-0.2, 0) is 23.3 Å². The summed E-state index contributed by atoms with van der Waals surface area (Å²) in [6, 6.07) is 0. The van der Waals surface area contributed by atoms with Crippen LogP contribution in [0.25, 0.3) is 0 Å². The summed E-state index contributed by atoms with van der Waals surface area (Å²) in [6.45, 7) is 3.88. The Morgan fingerprint density at radius 2 is 2.39 bits per heavy atom. The van der Waals surface area contributed by atoms with Gasteiger partial charge in [-0.2, -0.15) is 4.57 Å². The number of aryl methyl sites for hydroxylation is 1. The zero-order valence-electron chi connectivity index (χ0n) is 10.7. The summed E-state index contributed by atoms with van der Waals surface area (Å²) in [5, 5.41) is 11.5. The van der Waals surface area contributed by atoms with E-state index in [0.29, 0.717) is 5.82 Å². The van der Waals surface area contributed by atoms with E-state index in [9.17, 15) is 4.79 Å². The van der Waals surface area contributed by atoms with Gasteiger partial charge >= 0.3 is 11.8 Å². The monoisotopic (exact) mass is 275 g/mol. The fourth-order valence-electron chi connectivity index (χ4n) is 1.30. The summed E-state index contributed by atoms with van der Waals surface area (Å²) >= 11 is 0. The molecule has 0 fully saturated rings. The van der Waals surface area contributed by atoms with Crippen LogP contribution in [0.4, 0.5) is 0 Å². The van der Waals surface area contributed by atoms with Crippen molar-refractivity contribution in [2.24, 2.45) is 18.1 Å². The number of ether oxygens (including phenoxy) is 1. The van der Waals surface area contributed by atoms with Gasteiger partial charge in [0.15, 0.2) is 6.21 Å². The normalized spacial score (nSPS) is 12.2. The molecule has 1 rings (SSSR count). The maximum atomic E-state index is 11.5. The van der Waals surface area contributed by atoms with E-state index in [-0.39, 0.29) is 31.0 Å². The van der Waals surface area contributed by atoms with Gasteiger partial charge < -0.3 is 22.4 Å². The van der Waals surface area contributed by atoms with E-state index in [1.807, 2.05) is 20.9 Å². The van der Waals surface area contributed by atoms with Crippen LogP contribution in [0.5, 0.6) is 0 Å². The molecular formula is C11H18ClN3O3. The molecule has 0 spiro atoms. The minimum Gasteiger partial charge on any atom is -1.00 e. The standard InChI is InChI=1S/C11H17N3O3.ClH/c1-4-9(2)11(15)17-8-14-6-5-13(3)10(14)7-12-16;/h5-7,9H,4,8H2,1-3H3;1H. The Bertz CT molecular complexity index is 418. The minimum atomic E-state index is -0.226. The van der Waals surface area contributed by atoms with Crippen molar-refractivity contribution in [2.75, 3.05) is 0 Å². The molecule has 1 atom stereocenters. The van der Waals surface area contributed by atoms with Crippen LogP contribution in [-0.4, -0.2) is 22.0 Å². The molecule has 1 aromatic heterocycles. The lowest BCUT2D eigenvalue weighted by molar-refractivity contribution is -0.672. The first-order valence-electron chi connectivity index (χ1n) is 5.49. The number of hydrogen-bond acceptors (Lipinski definition) is 4. The highest BCUT2D eigenvalue weighted by Crippen LogP contribution is 2.04. The van der Waals surface area contributed by atoms with Gasteiger partial charge in [-0.25, -0.2) is 4.57 Å². The SMILES string of the molecule is CCC(C)C(=O)OCn1cc[n+](C)c1/C=N\O.[Cl-]. The number of imidazole rings is 1. The molecule has 1 unspecified atom stereocenters. The molecule has 102 valence electrons. The van der Waals surface area contributed by atoms with Crippen molar-refractivity contribution in [1.29, 1.82) is 0 Å². The Balaban J connectivity index is 0.00000289. The molecule has 1 heterocycles. The fraction of sp³-hybridized carbons (Fsp3) is 0.545. The van der Waals surface area contributed by atoms with Crippen molar-refractivity contribution < 1.29 is 31.7 Å². The van der Waals surface area contributed by atoms with Gasteiger partial charge in [0.25, 0.3) is 0 Å². The Morgan fingerprint density at radius 3 is 2.94 bits per heavy atom. The van der Waals surface area contributed by atoms with E-state index in [4.69, 9.17) is 9.94 Å². The molecule has 0 radical (unpaired) electrons. The average molecular weight is 276 g/mol. The molecule has 0 saturated heterocycles. The predicted molar refractivity (Wildman–Crippen MR) is 60.5 cm³/mol. The maximum absolute atomic E-state index is 11.5. The molecule has 1 N–H and O–H groups in total. The highest BCUT2D eigenvalue weighted by Gasteiger charge is 2.16. The van der Waals surface area contributed by atoms with Gasteiger partial charge in [-0.3, -0.25) is 4.79 Å². The fourth-order valence-corrected chi connectivity index (χ4v) is 1.30. The van der Waals surface area contributed by atoms with Crippen LogP contribution in [0.3, 0.4) is 0 Å². The number of carbonyl (C=O) groups is 1. The summed E-state index contributed by atoms with van der Waals surface area (Å²) in [7, 11) is 1.81. The topological polar surface area (TPSA) is 67.7 Å². The summed E-state index contributed by atoms with van der Waals surface area (Å²) < 4.78 is 8.59. The lowest BCUT2D eigenvalue weighted by Gasteiger charge is -2.07. The molecule has 0 amide bonds. The van der Waals surface area contributed by atoms with Crippen molar-refractivity contribution >= 4 is 12.2 Å². The van der Waals surface area contributed by atoms with Gasteiger partial charge in [-0.15, -0.1) is 0 Å². The van der Waals surface area contributed by atoms with Gasteiger partial charge in [0.1, 0.15) is 12.4 Å². The van der Waals surface area contributed by atoms with Gasteiger partial charge in [-0.05, 0) is 6.42 Å². The molecular weight excluding hydrogens is 258 g/mol. The van der Waals surface area contributed by atoms with E-state index < -0.39 is 0 Å². The highest BCUT2D eigenvalue weighted by molar-refractivity contribution is 5.73. The number of oxime groups is 1. The molecule has 7 heteroatoms. The Hall–Kier alpha value is -1.56. The molecule has 0 aliphatic heterocycles. The third-order valence-corrected chi connectivity index (χ3v) is 2.66. The van der Waals surface area contributed by atoms with E-state index in [1.165, 1.54) is 6.21 Å².